The van der Waals surface area contributed by atoms with Crippen LogP contribution in [0, 0.1) is 0 Å². The van der Waals surface area contributed by atoms with Crippen LogP contribution < -0.4 is 10.6 Å². The van der Waals surface area contributed by atoms with Crippen LogP contribution in [-0.4, -0.2) is 29.6 Å². The number of amides is 1. The number of nitrogens with two attached hydrogens (primary N) is 1. The Balaban J connectivity index is 2.34. The van der Waals surface area contributed by atoms with E-state index in [0.29, 0.717) is 0 Å². The van der Waals surface area contributed by atoms with Crippen LogP contribution in [0.5, 0.6) is 0 Å². The van der Waals surface area contributed by atoms with E-state index in [4.69, 9.17) is 10.8 Å². The molecule has 1 amide bonds. The molecular formula is C16H20N2O3. The summed E-state index contributed by atoms with van der Waals surface area (Å²) in [5, 5.41) is 8.79. The SMILES string of the molecule is NC(=O)CN(c1ccccc1C=CC(=O)O)C1CCCC1. The van der Waals surface area contributed by atoms with Gasteiger partial charge in [0.15, 0.2) is 0 Å². The molecule has 2 rings (SSSR count). The van der Waals surface area contributed by atoms with Gasteiger partial charge in [-0.3, -0.25) is 4.79 Å². The molecule has 1 aliphatic carbocycles. The number of carboxylic acids is 1. The lowest BCUT2D eigenvalue weighted by Gasteiger charge is -2.31. The molecule has 0 atom stereocenters. The highest BCUT2D eigenvalue weighted by Crippen LogP contribution is 2.30. The molecule has 0 saturated heterocycles. The summed E-state index contributed by atoms with van der Waals surface area (Å²) in [5.41, 5.74) is 7.02. The smallest absolute Gasteiger partial charge is 0.328 e. The quantitative estimate of drug-likeness (QED) is 0.784. The van der Waals surface area contributed by atoms with Crippen molar-refractivity contribution in [3.8, 4) is 0 Å². The molecule has 0 radical (unpaired) electrons. The van der Waals surface area contributed by atoms with Gasteiger partial charge in [0, 0.05) is 17.8 Å². The minimum Gasteiger partial charge on any atom is -0.478 e. The molecular weight excluding hydrogens is 268 g/mol. The minimum atomic E-state index is -0.993. The molecule has 0 aliphatic heterocycles. The maximum Gasteiger partial charge on any atom is 0.328 e. The fraction of sp³-hybridized carbons (Fsp3) is 0.375. The van der Waals surface area contributed by atoms with Crippen LogP contribution in [0.4, 0.5) is 5.69 Å². The number of hydrogen-bond acceptors (Lipinski definition) is 3. The first-order valence-corrected chi connectivity index (χ1v) is 7.13. The lowest BCUT2D eigenvalue weighted by molar-refractivity contribution is -0.131. The number of benzene rings is 1. The van der Waals surface area contributed by atoms with Gasteiger partial charge >= 0.3 is 5.97 Å². The van der Waals surface area contributed by atoms with Gasteiger partial charge < -0.3 is 15.7 Å². The number of anilines is 1. The molecule has 21 heavy (non-hydrogen) atoms. The standard InChI is InChI=1S/C16H20N2O3/c17-15(19)11-18(13-6-2-3-7-13)14-8-4-1-5-12(14)9-10-16(20)21/h1,4-5,8-10,13H,2-3,6-7,11H2,(H2,17,19)(H,20,21). The van der Waals surface area contributed by atoms with E-state index in [2.05, 4.69) is 0 Å². The van der Waals surface area contributed by atoms with Gasteiger partial charge in [-0.1, -0.05) is 31.0 Å². The normalized spacial score (nSPS) is 15.4. The van der Waals surface area contributed by atoms with Crippen LogP contribution >= 0.6 is 0 Å². The highest BCUT2D eigenvalue weighted by atomic mass is 16.4. The summed E-state index contributed by atoms with van der Waals surface area (Å²) in [6.45, 7) is 0.155. The van der Waals surface area contributed by atoms with Gasteiger partial charge in [0.2, 0.25) is 5.91 Å². The highest BCUT2D eigenvalue weighted by Gasteiger charge is 2.25. The van der Waals surface area contributed by atoms with E-state index >= 15 is 0 Å². The number of para-hydroxylation sites is 1. The van der Waals surface area contributed by atoms with Crippen molar-refractivity contribution in [2.45, 2.75) is 31.7 Å². The van der Waals surface area contributed by atoms with Crippen LogP contribution in [-0.2, 0) is 9.59 Å². The van der Waals surface area contributed by atoms with E-state index < -0.39 is 5.97 Å². The number of primary amides is 1. The summed E-state index contributed by atoms with van der Waals surface area (Å²) >= 11 is 0. The second-order valence-electron chi connectivity index (χ2n) is 5.26. The maximum atomic E-state index is 11.4. The van der Waals surface area contributed by atoms with Crippen LogP contribution in [0.2, 0.25) is 0 Å². The molecule has 5 nitrogen and oxygen atoms in total. The Morgan fingerprint density at radius 1 is 1.29 bits per heavy atom. The summed E-state index contributed by atoms with van der Waals surface area (Å²) in [4.78, 5) is 24.1. The van der Waals surface area contributed by atoms with Crippen molar-refractivity contribution in [1.29, 1.82) is 0 Å². The average Bonchev–Trinajstić information content (AvgIpc) is 2.96. The molecule has 1 aromatic carbocycles. The number of nitrogens with zero attached hydrogens (tertiary/aromatic N) is 1. The van der Waals surface area contributed by atoms with Gasteiger partial charge in [0.05, 0.1) is 6.54 Å². The Morgan fingerprint density at radius 3 is 2.57 bits per heavy atom. The highest BCUT2D eigenvalue weighted by molar-refractivity contribution is 5.88. The third kappa shape index (κ3) is 4.08. The maximum absolute atomic E-state index is 11.4. The summed E-state index contributed by atoms with van der Waals surface area (Å²) in [6, 6.07) is 7.77. The Labute approximate surface area is 124 Å². The number of carboxylic acid groups (broad SMARTS) is 1. The Hall–Kier alpha value is -2.30. The van der Waals surface area contributed by atoms with Gasteiger partial charge in [-0.2, -0.15) is 0 Å². The van der Waals surface area contributed by atoms with Crippen LogP contribution in [0.1, 0.15) is 31.2 Å². The van der Waals surface area contributed by atoms with Gasteiger partial charge in [0.25, 0.3) is 0 Å². The van der Waals surface area contributed by atoms with Crippen molar-refractivity contribution in [2.75, 3.05) is 11.4 Å². The lowest BCUT2D eigenvalue weighted by Crippen LogP contribution is -2.40. The zero-order valence-electron chi connectivity index (χ0n) is 11.9. The average molecular weight is 288 g/mol. The van der Waals surface area contributed by atoms with E-state index in [1.54, 1.807) is 6.08 Å². The van der Waals surface area contributed by atoms with Crippen molar-refractivity contribution < 1.29 is 14.7 Å². The second kappa shape index (κ2) is 6.92. The molecule has 1 aliphatic rings. The predicted molar refractivity (Wildman–Crippen MR) is 81.9 cm³/mol. The molecule has 0 spiro atoms. The minimum absolute atomic E-state index is 0.155. The largest absolute Gasteiger partial charge is 0.478 e. The first kappa shape index (κ1) is 15.1. The van der Waals surface area contributed by atoms with Crippen LogP contribution in [0.3, 0.4) is 0 Å². The molecule has 1 fully saturated rings. The van der Waals surface area contributed by atoms with E-state index in [-0.39, 0.29) is 18.5 Å². The number of carbonyl (C=O) groups excluding carboxylic acids is 1. The number of carbonyl (C=O) groups is 2. The fourth-order valence-electron chi connectivity index (χ4n) is 2.85. The van der Waals surface area contributed by atoms with Crippen molar-refractivity contribution in [1.82, 2.24) is 0 Å². The van der Waals surface area contributed by atoms with Gasteiger partial charge in [-0.05, 0) is 30.5 Å². The van der Waals surface area contributed by atoms with Crippen molar-refractivity contribution in [2.24, 2.45) is 5.73 Å². The summed E-state index contributed by atoms with van der Waals surface area (Å²) in [5.74, 6) is -1.37. The Kier molecular flexibility index (Phi) is 4.98. The van der Waals surface area contributed by atoms with Crippen molar-refractivity contribution in [3.05, 3.63) is 35.9 Å². The predicted octanol–water partition coefficient (Wildman–Crippen LogP) is 2.02. The van der Waals surface area contributed by atoms with E-state index in [0.717, 1.165) is 43.0 Å². The van der Waals surface area contributed by atoms with Crippen molar-refractivity contribution >= 4 is 23.6 Å². The molecule has 1 saturated carbocycles. The molecule has 0 bridgehead atoms. The zero-order chi connectivity index (χ0) is 15.2. The van der Waals surface area contributed by atoms with E-state index in [9.17, 15) is 9.59 Å². The summed E-state index contributed by atoms with van der Waals surface area (Å²) < 4.78 is 0. The third-order valence-electron chi connectivity index (χ3n) is 3.74. The van der Waals surface area contributed by atoms with E-state index in [1.807, 2.05) is 29.2 Å². The monoisotopic (exact) mass is 288 g/mol. The number of aliphatic carboxylic acids is 1. The number of hydrogen-bond donors (Lipinski definition) is 2. The molecule has 1 aromatic rings. The number of rotatable bonds is 6. The summed E-state index contributed by atoms with van der Waals surface area (Å²) in [6.07, 6.45) is 7.02. The van der Waals surface area contributed by atoms with E-state index in [1.165, 1.54) is 0 Å². The topological polar surface area (TPSA) is 83.6 Å². The molecule has 0 unspecified atom stereocenters. The Morgan fingerprint density at radius 2 is 1.95 bits per heavy atom. The van der Waals surface area contributed by atoms with Crippen LogP contribution in [0.25, 0.3) is 6.08 Å². The molecule has 0 aromatic heterocycles. The zero-order valence-corrected chi connectivity index (χ0v) is 11.9. The fourth-order valence-corrected chi connectivity index (χ4v) is 2.85. The van der Waals surface area contributed by atoms with Crippen molar-refractivity contribution in [3.63, 3.8) is 0 Å². The van der Waals surface area contributed by atoms with Crippen LogP contribution in [0.15, 0.2) is 30.3 Å². The lowest BCUT2D eigenvalue weighted by atomic mass is 10.1. The third-order valence-corrected chi connectivity index (χ3v) is 3.74. The molecule has 0 heterocycles. The summed E-state index contributed by atoms with van der Waals surface area (Å²) in [7, 11) is 0. The first-order valence-electron chi connectivity index (χ1n) is 7.13. The Bertz CT molecular complexity index is 548. The molecule has 3 N–H and O–H groups in total. The molecule has 5 heteroatoms. The first-order chi connectivity index (χ1) is 10.1. The molecule has 112 valence electrons. The van der Waals surface area contributed by atoms with Gasteiger partial charge in [0.1, 0.15) is 0 Å². The second-order valence-corrected chi connectivity index (χ2v) is 5.26. The van der Waals surface area contributed by atoms with Gasteiger partial charge in [-0.25, -0.2) is 4.79 Å². The van der Waals surface area contributed by atoms with Gasteiger partial charge in [-0.15, -0.1) is 0 Å².